The standard InChI is InChI=1S/C22H22/c1-18(19-11-5-2-6-12-19)17-22(20-13-7-3-8-14-20)21-15-9-4-10-16-21/h2-16,18,22H,17H2,1H3. The lowest BCUT2D eigenvalue weighted by atomic mass is 9.82. The Bertz CT molecular complexity index is 632. The van der Waals surface area contributed by atoms with E-state index < -0.39 is 0 Å². The Morgan fingerprint density at radius 1 is 0.545 bits per heavy atom. The van der Waals surface area contributed by atoms with Gasteiger partial charge in [-0.3, -0.25) is 0 Å². The van der Waals surface area contributed by atoms with Gasteiger partial charge in [0, 0.05) is 5.92 Å². The minimum atomic E-state index is 0.442. The van der Waals surface area contributed by atoms with Crippen molar-refractivity contribution in [3.63, 3.8) is 0 Å². The van der Waals surface area contributed by atoms with Crippen molar-refractivity contribution >= 4 is 0 Å². The summed E-state index contributed by atoms with van der Waals surface area (Å²) in [5.41, 5.74) is 4.22. The third-order valence-electron chi connectivity index (χ3n) is 4.36. The molecule has 0 aliphatic rings. The molecule has 0 fully saturated rings. The highest BCUT2D eigenvalue weighted by Gasteiger charge is 2.18. The molecule has 3 rings (SSSR count). The molecule has 0 nitrogen and oxygen atoms in total. The Morgan fingerprint density at radius 2 is 0.909 bits per heavy atom. The highest BCUT2D eigenvalue weighted by atomic mass is 14.2. The fourth-order valence-electron chi connectivity index (χ4n) is 3.11. The third-order valence-corrected chi connectivity index (χ3v) is 4.36. The summed E-state index contributed by atoms with van der Waals surface area (Å²) in [7, 11) is 0. The highest BCUT2D eigenvalue weighted by molar-refractivity contribution is 5.33. The maximum absolute atomic E-state index is 2.33. The predicted molar refractivity (Wildman–Crippen MR) is 94.2 cm³/mol. The molecule has 0 aromatic heterocycles. The van der Waals surface area contributed by atoms with Crippen LogP contribution in [0.1, 0.15) is 41.9 Å². The summed E-state index contributed by atoms with van der Waals surface area (Å²) in [6.45, 7) is 2.33. The zero-order valence-corrected chi connectivity index (χ0v) is 13.0. The first-order chi connectivity index (χ1) is 10.8. The van der Waals surface area contributed by atoms with Gasteiger partial charge in [0.1, 0.15) is 0 Å². The molecule has 0 spiro atoms. The molecule has 0 aliphatic heterocycles. The minimum absolute atomic E-state index is 0.442. The Balaban J connectivity index is 1.90. The van der Waals surface area contributed by atoms with Crippen LogP contribution in [0.5, 0.6) is 0 Å². The highest BCUT2D eigenvalue weighted by Crippen LogP contribution is 2.34. The molecular formula is C22H22. The van der Waals surface area contributed by atoms with Gasteiger partial charge >= 0.3 is 0 Å². The quantitative estimate of drug-likeness (QED) is 0.538. The molecule has 0 N–H and O–H groups in total. The second-order valence-electron chi connectivity index (χ2n) is 5.92. The normalized spacial score (nSPS) is 12.3. The van der Waals surface area contributed by atoms with Crippen LogP contribution in [0.4, 0.5) is 0 Å². The van der Waals surface area contributed by atoms with Crippen molar-refractivity contribution < 1.29 is 0 Å². The second kappa shape index (κ2) is 7.09. The summed E-state index contributed by atoms with van der Waals surface area (Å²) < 4.78 is 0. The van der Waals surface area contributed by atoms with Crippen molar-refractivity contribution in [3.8, 4) is 0 Å². The van der Waals surface area contributed by atoms with E-state index in [-0.39, 0.29) is 0 Å². The molecule has 1 unspecified atom stereocenters. The topological polar surface area (TPSA) is 0 Å². The Labute approximate surface area is 133 Å². The third kappa shape index (κ3) is 3.46. The van der Waals surface area contributed by atoms with E-state index in [2.05, 4.69) is 97.9 Å². The molecule has 0 radical (unpaired) electrons. The summed E-state index contributed by atoms with van der Waals surface area (Å²) in [6, 6.07) is 32.5. The molecule has 110 valence electrons. The van der Waals surface area contributed by atoms with Crippen LogP contribution in [-0.2, 0) is 0 Å². The van der Waals surface area contributed by atoms with E-state index >= 15 is 0 Å². The number of hydrogen-bond donors (Lipinski definition) is 0. The van der Waals surface area contributed by atoms with Crippen molar-refractivity contribution in [2.24, 2.45) is 0 Å². The lowest BCUT2D eigenvalue weighted by Crippen LogP contribution is -2.06. The minimum Gasteiger partial charge on any atom is -0.0622 e. The molecule has 0 saturated heterocycles. The predicted octanol–water partition coefficient (Wildman–Crippen LogP) is 6.01. The number of rotatable bonds is 5. The Kier molecular flexibility index (Phi) is 4.70. The molecule has 0 saturated carbocycles. The first kappa shape index (κ1) is 14.6. The van der Waals surface area contributed by atoms with E-state index in [4.69, 9.17) is 0 Å². The van der Waals surface area contributed by atoms with Crippen molar-refractivity contribution in [1.82, 2.24) is 0 Å². The van der Waals surface area contributed by atoms with Crippen LogP contribution in [0.3, 0.4) is 0 Å². The molecule has 0 amide bonds. The summed E-state index contributed by atoms with van der Waals surface area (Å²) in [5, 5.41) is 0. The molecule has 1 atom stereocenters. The summed E-state index contributed by atoms with van der Waals surface area (Å²) in [6.07, 6.45) is 1.12. The molecule has 0 heteroatoms. The average molecular weight is 286 g/mol. The first-order valence-electron chi connectivity index (χ1n) is 7.99. The lowest BCUT2D eigenvalue weighted by Gasteiger charge is -2.22. The van der Waals surface area contributed by atoms with E-state index in [1.807, 2.05) is 0 Å². The smallest absolute Gasteiger partial charge is 0.00950 e. The van der Waals surface area contributed by atoms with Gasteiger partial charge in [-0.05, 0) is 29.0 Å². The van der Waals surface area contributed by atoms with Gasteiger partial charge in [0.2, 0.25) is 0 Å². The van der Waals surface area contributed by atoms with Gasteiger partial charge < -0.3 is 0 Å². The van der Waals surface area contributed by atoms with Crippen molar-refractivity contribution in [2.45, 2.75) is 25.2 Å². The van der Waals surface area contributed by atoms with Gasteiger partial charge in [-0.2, -0.15) is 0 Å². The van der Waals surface area contributed by atoms with Crippen LogP contribution >= 0.6 is 0 Å². The van der Waals surface area contributed by atoms with Crippen LogP contribution in [0.15, 0.2) is 91.0 Å². The molecule has 0 heterocycles. The Morgan fingerprint density at radius 3 is 1.32 bits per heavy atom. The zero-order valence-electron chi connectivity index (χ0n) is 13.0. The molecule has 3 aromatic carbocycles. The summed E-state index contributed by atoms with van der Waals surface area (Å²) in [5.74, 6) is 0.976. The van der Waals surface area contributed by atoms with Crippen LogP contribution in [-0.4, -0.2) is 0 Å². The van der Waals surface area contributed by atoms with Crippen LogP contribution in [0, 0.1) is 0 Å². The number of hydrogen-bond acceptors (Lipinski definition) is 0. The van der Waals surface area contributed by atoms with Gasteiger partial charge in [-0.25, -0.2) is 0 Å². The van der Waals surface area contributed by atoms with Crippen molar-refractivity contribution in [1.29, 1.82) is 0 Å². The fraction of sp³-hybridized carbons (Fsp3) is 0.182. The van der Waals surface area contributed by atoms with Crippen LogP contribution < -0.4 is 0 Å². The lowest BCUT2D eigenvalue weighted by molar-refractivity contribution is 0.617. The molecule has 3 aromatic rings. The first-order valence-corrected chi connectivity index (χ1v) is 7.99. The Hall–Kier alpha value is -2.34. The van der Waals surface area contributed by atoms with Crippen LogP contribution in [0.25, 0.3) is 0 Å². The average Bonchev–Trinajstić information content (AvgIpc) is 2.62. The zero-order chi connectivity index (χ0) is 15.2. The summed E-state index contributed by atoms with van der Waals surface area (Å²) >= 11 is 0. The van der Waals surface area contributed by atoms with E-state index in [0.29, 0.717) is 11.8 Å². The second-order valence-corrected chi connectivity index (χ2v) is 5.92. The monoisotopic (exact) mass is 286 g/mol. The van der Waals surface area contributed by atoms with Crippen molar-refractivity contribution in [3.05, 3.63) is 108 Å². The van der Waals surface area contributed by atoms with E-state index in [9.17, 15) is 0 Å². The van der Waals surface area contributed by atoms with Gasteiger partial charge in [0.05, 0.1) is 0 Å². The van der Waals surface area contributed by atoms with Gasteiger partial charge in [-0.1, -0.05) is 97.9 Å². The SMILES string of the molecule is CC(CC(c1ccccc1)c1ccccc1)c1ccccc1. The van der Waals surface area contributed by atoms with Crippen LogP contribution in [0.2, 0.25) is 0 Å². The maximum Gasteiger partial charge on any atom is 0.00950 e. The summed E-state index contributed by atoms with van der Waals surface area (Å²) in [4.78, 5) is 0. The molecular weight excluding hydrogens is 264 g/mol. The number of benzene rings is 3. The largest absolute Gasteiger partial charge is 0.0622 e. The van der Waals surface area contributed by atoms with Gasteiger partial charge in [0.15, 0.2) is 0 Å². The fourth-order valence-corrected chi connectivity index (χ4v) is 3.11. The van der Waals surface area contributed by atoms with E-state index in [1.54, 1.807) is 0 Å². The van der Waals surface area contributed by atoms with Crippen molar-refractivity contribution in [2.75, 3.05) is 0 Å². The van der Waals surface area contributed by atoms with E-state index in [0.717, 1.165) is 6.42 Å². The molecule has 0 aliphatic carbocycles. The van der Waals surface area contributed by atoms with Gasteiger partial charge in [0.25, 0.3) is 0 Å². The maximum atomic E-state index is 2.33. The van der Waals surface area contributed by atoms with E-state index in [1.165, 1.54) is 16.7 Å². The van der Waals surface area contributed by atoms with Gasteiger partial charge in [-0.15, -0.1) is 0 Å². The molecule has 22 heavy (non-hydrogen) atoms. The molecule has 0 bridgehead atoms.